The predicted octanol–water partition coefficient (Wildman–Crippen LogP) is 4.69. The number of hydrogen-bond donors (Lipinski definition) is 2. The Morgan fingerprint density at radius 3 is 2.79 bits per heavy atom. The van der Waals surface area contributed by atoms with Gasteiger partial charge in [0.05, 0.1) is 18.8 Å². The van der Waals surface area contributed by atoms with Crippen molar-refractivity contribution in [3.63, 3.8) is 0 Å². The molecule has 0 aliphatic carbocycles. The fraction of sp³-hybridized carbons (Fsp3) is 0.444. The van der Waals surface area contributed by atoms with Gasteiger partial charge >= 0.3 is 5.97 Å². The first-order valence-corrected chi connectivity index (χ1v) is 11.5. The highest BCUT2D eigenvalue weighted by Gasteiger charge is 2.27. The zero-order chi connectivity index (χ0) is 24.0. The monoisotopic (exact) mass is 455 g/mol. The maximum absolute atomic E-state index is 13.9. The second kappa shape index (κ2) is 11.5. The van der Waals surface area contributed by atoms with Crippen LogP contribution in [0, 0.1) is 19.7 Å². The molecular weight excluding hydrogens is 421 g/mol. The van der Waals surface area contributed by atoms with Gasteiger partial charge in [-0.25, -0.2) is 9.18 Å². The molecule has 0 radical (unpaired) electrons. The lowest BCUT2D eigenvalue weighted by Gasteiger charge is -2.28. The highest BCUT2D eigenvalue weighted by atomic mass is 19.1. The molecule has 1 aliphatic rings. The van der Waals surface area contributed by atoms with Gasteiger partial charge in [-0.3, -0.25) is 4.90 Å². The van der Waals surface area contributed by atoms with Crippen molar-refractivity contribution in [1.82, 2.24) is 4.90 Å². The van der Waals surface area contributed by atoms with Gasteiger partial charge in [-0.05, 0) is 86.5 Å². The predicted molar refractivity (Wildman–Crippen MR) is 128 cm³/mol. The standard InChI is InChI=1S/C27H34FNO4/c1-18-6-4-8-25(24(18)11-12-27(31)32)20(3)33-17-23(30)16-29-13-5-7-22(29)14-21-10-9-19(2)26(28)15-21/h4,6,8-12,15,20,22-23,30H,5,7,13-14,16-17H2,1-3H3,(H,31,32)/b12-11+/t20-,22+,23+/m1/s1. The van der Waals surface area contributed by atoms with Gasteiger partial charge in [0.25, 0.3) is 0 Å². The number of halogens is 1. The normalized spacial score (nSPS) is 18.6. The first kappa shape index (κ1) is 25.1. The lowest BCUT2D eigenvalue weighted by molar-refractivity contribution is -0.131. The van der Waals surface area contributed by atoms with E-state index in [0.29, 0.717) is 12.1 Å². The molecule has 5 nitrogen and oxygen atoms in total. The molecule has 1 aliphatic heterocycles. The number of carbonyl (C=O) groups is 1. The molecule has 0 aromatic heterocycles. The van der Waals surface area contributed by atoms with Gasteiger partial charge in [0.15, 0.2) is 0 Å². The van der Waals surface area contributed by atoms with Crippen molar-refractivity contribution in [2.75, 3.05) is 19.7 Å². The highest BCUT2D eigenvalue weighted by Crippen LogP contribution is 2.26. The molecule has 0 spiro atoms. The molecule has 178 valence electrons. The Balaban J connectivity index is 1.56. The minimum Gasteiger partial charge on any atom is -0.478 e. The number of carboxylic acids is 1. The molecule has 0 saturated carbocycles. The van der Waals surface area contributed by atoms with Crippen LogP contribution < -0.4 is 0 Å². The Morgan fingerprint density at radius 2 is 2.06 bits per heavy atom. The van der Waals surface area contributed by atoms with E-state index in [1.54, 1.807) is 19.1 Å². The number of ether oxygens (including phenoxy) is 1. The van der Waals surface area contributed by atoms with Crippen LogP contribution in [0.3, 0.4) is 0 Å². The number of aliphatic hydroxyl groups excluding tert-OH is 1. The van der Waals surface area contributed by atoms with E-state index in [2.05, 4.69) is 4.90 Å². The van der Waals surface area contributed by atoms with Crippen LogP contribution in [-0.4, -0.2) is 52.9 Å². The van der Waals surface area contributed by atoms with Crippen molar-refractivity contribution in [2.45, 2.75) is 58.3 Å². The number of aliphatic hydroxyl groups is 1. The van der Waals surface area contributed by atoms with Gasteiger partial charge in [0.1, 0.15) is 5.82 Å². The van der Waals surface area contributed by atoms with E-state index in [9.17, 15) is 14.3 Å². The van der Waals surface area contributed by atoms with Gasteiger partial charge in [-0.15, -0.1) is 0 Å². The molecule has 0 amide bonds. The molecule has 0 bridgehead atoms. The van der Waals surface area contributed by atoms with Crippen LogP contribution in [0.2, 0.25) is 0 Å². The zero-order valence-corrected chi connectivity index (χ0v) is 19.6. The highest BCUT2D eigenvalue weighted by molar-refractivity contribution is 5.86. The van der Waals surface area contributed by atoms with Crippen molar-refractivity contribution in [2.24, 2.45) is 0 Å². The summed E-state index contributed by atoms with van der Waals surface area (Å²) in [6, 6.07) is 11.5. The SMILES string of the molecule is Cc1ccc(C[C@@H]2CCCN2C[C@H](O)CO[C@H](C)c2cccc(C)c2/C=C/C(=O)O)cc1F. The zero-order valence-electron chi connectivity index (χ0n) is 19.6. The van der Waals surface area contributed by atoms with Gasteiger partial charge in [0.2, 0.25) is 0 Å². The molecule has 1 heterocycles. The lowest BCUT2D eigenvalue weighted by atomic mass is 9.98. The van der Waals surface area contributed by atoms with Crippen molar-refractivity contribution in [3.8, 4) is 0 Å². The maximum Gasteiger partial charge on any atom is 0.328 e. The molecule has 2 aromatic rings. The average molecular weight is 456 g/mol. The van der Waals surface area contributed by atoms with E-state index in [1.165, 1.54) is 0 Å². The summed E-state index contributed by atoms with van der Waals surface area (Å²) in [5, 5.41) is 19.6. The number of nitrogens with zero attached hydrogens (tertiary/aromatic N) is 1. The van der Waals surface area contributed by atoms with Crippen LogP contribution >= 0.6 is 0 Å². The molecule has 6 heteroatoms. The average Bonchev–Trinajstić information content (AvgIpc) is 3.19. The van der Waals surface area contributed by atoms with Crippen LogP contribution in [0.4, 0.5) is 4.39 Å². The number of aryl methyl sites for hydroxylation is 2. The number of β-amino-alcohol motifs (C(OH)–C–C–N with tert-alkyl or cyclic N) is 1. The van der Waals surface area contributed by atoms with E-state index in [4.69, 9.17) is 9.84 Å². The van der Waals surface area contributed by atoms with Gasteiger partial charge in [-0.1, -0.05) is 30.3 Å². The smallest absolute Gasteiger partial charge is 0.328 e. The molecular formula is C27H34FNO4. The molecule has 1 saturated heterocycles. The minimum atomic E-state index is -0.998. The minimum absolute atomic E-state index is 0.173. The second-order valence-electron chi connectivity index (χ2n) is 8.96. The van der Waals surface area contributed by atoms with Crippen LogP contribution in [-0.2, 0) is 16.0 Å². The van der Waals surface area contributed by atoms with Gasteiger partial charge in [0, 0.05) is 18.7 Å². The Kier molecular flexibility index (Phi) is 8.78. The Morgan fingerprint density at radius 1 is 1.27 bits per heavy atom. The van der Waals surface area contributed by atoms with Crippen molar-refractivity contribution in [3.05, 3.63) is 76.1 Å². The number of aliphatic carboxylic acids is 1. The topological polar surface area (TPSA) is 70.0 Å². The largest absolute Gasteiger partial charge is 0.478 e. The third kappa shape index (κ3) is 6.97. The number of hydrogen-bond acceptors (Lipinski definition) is 4. The van der Waals surface area contributed by atoms with Crippen molar-refractivity contribution >= 4 is 12.0 Å². The summed E-state index contributed by atoms with van der Waals surface area (Å²) < 4.78 is 19.9. The van der Waals surface area contributed by atoms with E-state index < -0.39 is 12.1 Å². The maximum atomic E-state index is 13.9. The number of rotatable bonds is 10. The number of carboxylic acid groups (broad SMARTS) is 1. The first-order valence-electron chi connectivity index (χ1n) is 11.5. The molecule has 33 heavy (non-hydrogen) atoms. The van der Waals surface area contributed by atoms with E-state index in [0.717, 1.165) is 54.1 Å². The summed E-state index contributed by atoms with van der Waals surface area (Å²) in [7, 11) is 0. The number of benzene rings is 2. The molecule has 3 rings (SSSR count). The molecule has 2 aromatic carbocycles. The second-order valence-corrected chi connectivity index (χ2v) is 8.96. The summed E-state index contributed by atoms with van der Waals surface area (Å²) >= 11 is 0. The Labute approximate surface area is 195 Å². The fourth-order valence-corrected chi connectivity index (χ4v) is 4.51. The molecule has 2 N–H and O–H groups in total. The van der Waals surface area contributed by atoms with Crippen LogP contribution in [0.1, 0.15) is 53.7 Å². The fourth-order valence-electron chi connectivity index (χ4n) is 4.51. The summed E-state index contributed by atoms with van der Waals surface area (Å²) in [6.07, 6.45) is 4.63. The summed E-state index contributed by atoms with van der Waals surface area (Å²) in [5.41, 5.74) is 4.31. The third-order valence-electron chi connectivity index (χ3n) is 6.38. The van der Waals surface area contributed by atoms with Gasteiger partial charge in [-0.2, -0.15) is 0 Å². The summed E-state index contributed by atoms with van der Waals surface area (Å²) in [6.45, 7) is 7.20. The quantitative estimate of drug-likeness (QED) is 0.509. The lowest BCUT2D eigenvalue weighted by Crippen LogP contribution is -2.39. The van der Waals surface area contributed by atoms with Crippen molar-refractivity contribution in [1.29, 1.82) is 0 Å². The van der Waals surface area contributed by atoms with Crippen LogP contribution in [0.25, 0.3) is 6.08 Å². The first-order chi connectivity index (χ1) is 15.7. The van der Waals surface area contributed by atoms with Gasteiger partial charge < -0.3 is 14.9 Å². The third-order valence-corrected chi connectivity index (χ3v) is 6.38. The molecule has 0 unspecified atom stereocenters. The summed E-state index contributed by atoms with van der Waals surface area (Å²) in [5.74, 6) is -1.17. The van der Waals surface area contributed by atoms with Crippen LogP contribution in [0.15, 0.2) is 42.5 Å². The van der Waals surface area contributed by atoms with E-state index >= 15 is 0 Å². The Bertz CT molecular complexity index is 990. The molecule has 3 atom stereocenters. The van der Waals surface area contributed by atoms with E-state index in [-0.39, 0.29) is 24.6 Å². The van der Waals surface area contributed by atoms with Crippen molar-refractivity contribution < 1.29 is 24.1 Å². The van der Waals surface area contributed by atoms with E-state index in [1.807, 2.05) is 44.2 Å². The number of likely N-dealkylation sites (tertiary alicyclic amines) is 1. The Hall–Kier alpha value is -2.54. The molecule has 1 fully saturated rings. The van der Waals surface area contributed by atoms with Crippen LogP contribution in [0.5, 0.6) is 0 Å². The summed E-state index contributed by atoms with van der Waals surface area (Å²) in [4.78, 5) is 13.2.